The number of rotatable bonds is 2. The van der Waals surface area contributed by atoms with Gasteiger partial charge in [-0.25, -0.2) is 0 Å². The molecule has 1 aliphatic rings. The Hall–Kier alpha value is -0.280. The predicted octanol–water partition coefficient (Wildman–Crippen LogP) is 2.82. The highest BCUT2D eigenvalue weighted by molar-refractivity contribution is 5.85. The minimum Gasteiger partial charge on any atom is -0.343 e. The van der Waals surface area contributed by atoms with Crippen LogP contribution in [0.2, 0.25) is 0 Å². The first-order valence-electron chi connectivity index (χ1n) is 6.84. The molecule has 108 valence electrons. The van der Waals surface area contributed by atoms with Gasteiger partial charge in [-0.05, 0) is 37.5 Å². The summed E-state index contributed by atoms with van der Waals surface area (Å²) in [5, 5.41) is 0. The summed E-state index contributed by atoms with van der Waals surface area (Å²) in [7, 11) is 0. The van der Waals surface area contributed by atoms with Crippen LogP contribution >= 0.6 is 12.4 Å². The molecule has 4 heteroatoms. The Balaban J connectivity index is 0.00000289. The van der Waals surface area contributed by atoms with Crippen LogP contribution in [0.25, 0.3) is 0 Å². The average Bonchev–Trinajstić information content (AvgIpc) is 2.40. The molecule has 1 amide bonds. The molecule has 0 aliphatic carbocycles. The van der Waals surface area contributed by atoms with Crippen molar-refractivity contribution >= 4 is 18.3 Å². The van der Waals surface area contributed by atoms with E-state index in [0.717, 1.165) is 31.8 Å². The fourth-order valence-corrected chi connectivity index (χ4v) is 2.62. The van der Waals surface area contributed by atoms with E-state index >= 15 is 0 Å². The Labute approximate surface area is 118 Å². The lowest BCUT2D eigenvalue weighted by atomic mass is 9.77. The molecule has 0 spiro atoms. The second-order valence-electron chi connectivity index (χ2n) is 6.56. The van der Waals surface area contributed by atoms with Crippen LogP contribution in [0.4, 0.5) is 0 Å². The molecule has 1 heterocycles. The van der Waals surface area contributed by atoms with Crippen LogP contribution in [-0.4, -0.2) is 29.9 Å². The van der Waals surface area contributed by atoms with Gasteiger partial charge in [0, 0.05) is 25.6 Å². The number of carbonyl (C=O) groups is 1. The maximum atomic E-state index is 12.0. The first-order chi connectivity index (χ1) is 7.80. The van der Waals surface area contributed by atoms with Gasteiger partial charge in [0.2, 0.25) is 5.91 Å². The summed E-state index contributed by atoms with van der Waals surface area (Å²) in [5.74, 6) is 0.963. The number of hydrogen-bond acceptors (Lipinski definition) is 2. The van der Waals surface area contributed by atoms with E-state index in [1.165, 1.54) is 6.42 Å². The van der Waals surface area contributed by atoms with E-state index in [0.29, 0.717) is 11.8 Å². The van der Waals surface area contributed by atoms with Gasteiger partial charge in [-0.1, -0.05) is 20.8 Å². The molecule has 18 heavy (non-hydrogen) atoms. The fourth-order valence-electron chi connectivity index (χ4n) is 2.62. The lowest BCUT2D eigenvalue weighted by molar-refractivity contribution is -0.131. The molecule has 3 nitrogen and oxygen atoms in total. The summed E-state index contributed by atoms with van der Waals surface area (Å²) < 4.78 is 0. The molecule has 1 fully saturated rings. The second kappa shape index (κ2) is 7.34. The van der Waals surface area contributed by atoms with Crippen LogP contribution in [0.3, 0.4) is 0 Å². The third-order valence-corrected chi connectivity index (χ3v) is 3.80. The van der Waals surface area contributed by atoms with E-state index in [9.17, 15) is 4.79 Å². The number of halogens is 1. The van der Waals surface area contributed by atoms with Crippen molar-refractivity contribution in [1.29, 1.82) is 0 Å². The Morgan fingerprint density at radius 1 is 1.33 bits per heavy atom. The molecule has 0 radical (unpaired) electrons. The predicted molar refractivity (Wildman–Crippen MR) is 78.9 cm³/mol. The molecule has 2 N–H and O–H groups in total. The summed E-state index contributed by atoms with van der Waals surface area (Å²) in [5.41, 5.74) is 6.05. The maximum absolute atomic E-state index is 12.0. The van der Waals surface area contributed by atoms with E-state index in [1.807, 2.05) is 11.8 Å². The van der Waals surface area contributed by atoms with Gasteiger partial charge < -0.3 is 10.6 Å². The Morgan fingerprint density at radius 2 is 1.94 bits per heavy atom. The molecule has 0 aromatic carbocycles. The van der Waals surface area contributed by atoms with Crippen molar-refractivity contribution in [2.24, 2.45) is 17.1 Å². The number of likely N-dealkylation sites (tertiary alicyclic amines) is 1. The number of hydrogen-bond donors (Lipinski definition) is 1. The van der Waals surface area contributed by atoms with E-state index in [1.54, 1.807) is 0 Å². The molecule has 1 saturated heterocycles. The smallest absolute Gasteiger partial charge is 0.224 e. The molecular weight excluding hydrogens is 248 g/mol. The van der Waals surface area contributed by atoms with Gasteiger partial charge >= 0.3 is 0 Å². The van der Waals surface area contributed by atoms with Gasteiger partial charge in [0.05, 0.1) is 0 Å². The number of carbonyl (C=O) groups excluding carboxylic acids is 1. The van der Waals surface area contributed by atoms with Crippen LogP contribution in [-0.2, 0) is 4.79 Å². The molecule has 0 aromatic rings. The van der Waals surface area contributed by atoms with Crippen molar-refractivity contribution in [3.05, 3.63) is 0 Å². The molecule has 2 unspecified atom stereocenters. The van der Waals surface area contributed by atoms with Gasteiger partial charge in [0.15, 0.2) is 0 Å². The van der Waals surface area contributed by atoms with Crippen molar-refractivity contribution in [3.8, 4) is 0 Å². The van der Waals surface area contributed by atoms with Crippen LogP contribution in [0.1, 0.15) is 53.4 Å². The standard InChI is InChI=1S/C14H28N2O.ClH/c1-11(15)10-13(17)16-8-5-6-12(7-9-16)14(2,3)4;/h11-12H,5-10,15H2,1-4H3;1H. The normalized spacial score (nSPS) is 22.9. The topological polar surface area (TPSA) is 46.3 Å². The summed E-state index contributed by atoms with van der Waals surface area (Å²) in [6.45, 7) is 10.6. The zero-order chi connectivity index (χ0) is 13.1. The largest absolute Gasteiger partial charge is 0.343 e. The Kier molecular flexibility index (Phi) is 7.23. The maximum Gasteiger partial charge on any atom is 0.224 e. The quantitative estimate of drug-likeness (QED) is 0.843. The van der Waals surface area contributed by atoms with Crippen LogP contribution in [0.5, 0.6) is 0 Å². The highest BCUT2D eigenvalue weighted by Gasteiger charge is 2.28. The molecule has 0 aromatic heterocycles. The van der Waals surface area contributed by atoms with E-state index in [4.69, 9.17) is 5.73 Å². The summed E-state index contributed by atoms with van der Waals surface area (Å²) in [6, 6.07) is -0.0239. The van der Waals surface area contributed by atoms with Gasteiger partial charge in [-0.3, -0.25) is 4.79 Å². The van der Waals surface area contributed by atoms with E-state index in [2.05, 4.69) is 20.8 Å². The number of amides is 1. The summed E-state index contributed by atoms with van der Waals surface area (Å²) in [6.07, 6.45) is 3.99. The number of nitrogens with zero attached hydrogens (tertiary/aromatic N) is 1. The molecule has 2 atom stereocenters. The highest BCUT2D eigenvalue weighted by atomic mass is 35.5. The van der Waals surface area contributed by atoms with Gasteiger partial charge in [0.1, 0.15) is 0 Å². The van der Waals surface area contributed by atoms with Gasteiger partial charge in [0.25, 0.3) is 0 Å². The molecule has 0 bridgehead atoms. The Bertz CT molecular complexity index is 261. The van der Waals surface area contributed by atoms with Crippen molar-refractivity contribution in [3.63, 3.8) is 0 Å². The number of nitrogens with two attached hydrogens (primary N) is 1. The lowest BCUT2D eigenvalue weighted by Gasteiger charge is -2.29. The zero-order valence-electron chi connectivity index (χ0n) is 12.2. The van der Waals surface area contributed by atoms with Gasteiger partial charge in [-0.2, -0.15) is 0 Å². The molecule has 0 saturated carbocycles. The lowest BCUT2D eigenvalue weighted by Crippen LogP contribution is -2.35. The summed E-state index contributed by atoms with van der Waals surface area (Å²) >= 11 is 0. The second-order valence-corrected chi connectivity index (χ2v) is 6.56. The van der Waals surface area contributed by atoms with Crippen LogP contribution in [0.15, 0.2) is 0 Å². The third-order valence-electron chi connectivity index (χ3n) is 3.80. The van der Waals surface area contributed by atoms with Gasteiger partial charge in [-0.15, -0.1) is 12.4 Å². The Morgan fingerprint density at radius 3 is 2.44 bits per heavy atom. The third kappa shape index (κ3) is 5.57. The minimum atomic E-state index is -0.0239. The van der Waals surface area contributed by atoms with Crippen molar-refractivity contribution in [1.82, 2.24) is 4.90 Å². The molecular formula is C14H29ClN2O. The van der Waals surface area contributed by atoms with E-state index < -0.39 is 0 Å². The van der Waals surface area contributed by atoms with Crippen molar-refractivity contribution in [2.45, 2.75) is 59.4 Å². The molecule has 1 aliphatic heterocycles. The van der Waals surface area contributed by atoms with Crippen molar-refractivity contribution in [2.75, 3.05) is 13.1 Å². The highest BCUT2D eigenvalue weighted by Crippen LogP contribution is 2.34. The molecule has 1 rings (SSSR count). The van der Waals surface area contributed by atoms with Crippen LogP contribution in [0, 0.1) is 11.3 Å². The zero-order valence-corrected chi connectivity index (χ0v) is 13.1. The fraction of sp³-hybridized carbons (Fsp3) is 0.929. The monoisotopic (exact) mass is 276 g/mol. The average molecular weight is 277 g/mol. The minimum absolute atomic E-state index is 0. The SMILES string of the molecule is CC(N)CC(=O)N1CCCC(C(C)(C)C)CC1.Cl. The first kappa shape index (κ1) is 17.7. The van der Waals surface area contributed by atoms with Crippen LogP contribution < -0.4 is 5.73 Å². The van der Waals surface area contributed by atoms with Crippen molar-refractivity contribution < 1.29 is 4.79 Å². The first-order valence-corrected chi connectivity index (χ1v) is 6.84. The summed E-state index contributed by atoms with van der Waals surface area (Å²) in [4.78, 5) is 14.0. The van der Waals surface area contributed by atoms with E-state index in [-0.39, 0.29) is 24.4 Å².